The summed E-state index contributed by atoms with van der Waals surface area (Å²) in [6.45, 7) is 0. The normalized spacial score (nSPS) is 16.2. The summed E-state index contributed by atoms with van der Waals surface area (Å²) in [5, 5.41) is 7.44. The molecular formula is C17H18FN3S. The molecule has 1 aromatic carbocycles. The van der Waals surface area contributed by atoms with E-state index >= 15 is 0 Å². The van der Waals surface area contributed by atoms with Crippen LogP contribution >= 0.6 is 11.3 Å². The predicted octanol–water partition coefficient (Wildman–Crippen LogP) is 5.18. The molecule has 0 radical (unpaired) electrons. The third-order valence-corrected chi connectivity index (χ3v) is 5.13. The summed E-state index contributed by atoms with van der Waals surface area (Å²) < 4.78 is 13.5. The van der Waals surface area contributed by atoms with Crippen molar-refractivity contribution in [3.05, 3.63) is 35.6 Å². The number of halogens is 1. The number of thiazole rings is 1. The minimum atomic E-state index is -0.218. The Kier molecular flexibility index (Phi) is 3.58. The lowest BCUT2D eigenvalue weighted by molar-refractivity contribution is 0.462. The summed E-state index contributed by atoms with van der Waals surface area (Å²) in [5.74, 6) is -0.218. The number of aromatic amines is 1. The van der Waals surface area contributed by atoms with Gasteiger partial charge in [0.05, 0.1) is 5.69 Å². The predicted molar refractivity (Wildman–Crippen MR) is 89.9 cm³/mol. The van der Waals surface area contributed by atoms with Crippen molar-refractivity contribution in [2.45, 2.75) is 38.1 Å². The number of hydrogen-bond acceptors (Lipinski definition) is 3. The Bertz CT molecular complexity index is 786. The van der Waals surface area contributed by atoms with Crippen molar-refractivity contribution in [1.82, 2.24) is 9.97 Å². The molecule has 2 aromatic heterocycles. The average Bonchev–Trinajstić information content (AvgIpc) is 3.14. The van der Waals surface area contributed by atoms with Gasteiger partial charge in [0.15, 0.2) is 5.13 Å². The maximum absolute atomic E-state index is 13.5. The lowest BCUT2D eigenvalue weighted by atomic mass is 9.96. The first-order valence-corrected chi connectivity index (χ1v) is 8.66. The van der Waals surface area contributed by atoms with Crippen molar-refractivity contribution in [2.24, 2.45) is 0 Å². The highest BCUT2D eigenvalue weighted by Crippen LogP contribution is 2.32. The second-order valence-electron chi connectivity index (χ2n) is 5.91. The molecule has 0 bridgehead atoms. The van der Waals surface area contributed by atoms with E-state index in [4.69, 9.17) is 4.98 Å². The van der Waals surface area contributed by atoms with Crippen LogP contribution < -0.4 is 5.32 Å². The zero-order valence-corrected chi connectivity index (χ0v) is 13.0. The van der Waals surface area contributed by atoms with Crippen LogP contribution in [0, 0.1) is 5.82 Å². The van der Waals surface area contributed by atoms with Crippen LogP contribution in [-0.4, -0.2) is 16.0 Å². The Morgan fingerprint density at radius 1 is 1.23 bits per heavy atom. The molecule has 2 heterocycles. The van der Waals surface area contributed by atoms with Crippen molar-refractivity contribution in [3.8, 4) is 11.3 Å². The Balaban J connectivity index is 1.61. The van der Waals surface area contributed by atoms with Gasteiger partial charge in [0.25, 0.3) is 0 Å². The standard InChI is InChI=1S/C17H18FN3S/c18-11-6-7-15-13(8-11)14(9-19-15)16-10-22-17(21-16)20-12-4-2-1-3-5-12/h6-10,12,19H,1-5H2,(H,20,21). The number of benzene rings is 1. The van der Waals surface area contributed by atoms with Crippen molar-refractivity contribution < 1.29 is 4.39 Å². The van der Waals surface area contributed by atoms with Crippen LogP contribution in [0.4, 0.5) is 9.52 Å². The molecule has 1 aliphatic carbocycles. The number of nitrogens with zero attached hydrogens (tertiary/aromatic N) is 1. The first-order valence-electron chi connectivity index (χ1n) is 7.79. The third-order valence-electron chi connectivity index (χ3n) is 4.36. The largest absolute Gasteiger partial charge is 0.360 e. The smallest absolute Gasteiger partial charge is 0.183 e. The molecule has 22 heavy (non-hydrogen) atoms. The third kappa shape index (κ3) is 2.61. The Hall–Kier alpha value is -1.88. The van der Waals surface area contributed by atoms with E-state index < -0.39 is 0 Å². The summed E-state index contributed by atoms with van der Waals surface area (Å²) in [6, 6.07) is 5.35. The topological polar surface area (TPSA) is 40.7 Å². The zero-order valence-electron chi connectivity index (χ0n) is 12.2. The summed E-state index contributed by atoms with van der Waals surface area (Å²) >= 11 is 1.62. The van der Waals surface area contributed by atoms with Gasteiger partial charge in [-0.2, -0.15) is 0 Å². The molecule has 3 nitrogen and oxygen atoms in total. The van der Waals surface area contributed by atoms with Crippen LogP contribution in [0.2, 0.25) is 0 Å². The zero-order chi connectivity index (χ0) is 14.9. The molecule has 0 spiro atoms. The molecule has 0 aliphatic heterocycles. The lowest BCUT2D eigenvalue weighted by Gasteiger charge is -2.22. The summed E-state index contributed by atoms with van der Waals surface area (Å²) in [4.78, 5) is 7.87. The van der Waals surface area contributed by atoms with E-state index in [1.165, 1.54) is 38.2 Å². The fraction of sp³-hybridized carbons (Fsp3) is 0.353. The highest BCUT2D eigenvalue weighted by Gasteiger charge is 2.16. The number of anilines is 1. The monoisotopic (exact) mass is 315 g/mol. The number of rotatable bonds is 3. The first kappa shape index (κ1) is 13.8. The second-order valence-corrected chi connectivity index (χ2v) is 6.77. The van der Waals surface area contributed by atoms with Gasteiger partial charge in [-0.3, -0.25) is 0 Å². The van der Waals surface area contributed by atoms with Crippen LogP contribution in [0.1, 0.15) is 32.1 Å². The summed E-state index contributed by atoms with van der Waals surface area (Å²) in [7, 11) is 0. The van der Waals surface area contributed by atoms with Gasteiger partial charge in [-0.05, 0) is 31.0 Å². The van der Waals surface area contributed by atoms with Crippen LogP contribution in [0.5, 0.6) is 0 Å². The molecule has 2 N–H and O–H groups in total. The first-order chi connectivity index (χ1) is 10.8. The van der Waals surface area contributed by atoms with Crippen molar-refractivity contribution in [2.75, 3.05) is 5.32 Å². The maximum atomic E-state index is 13.5. The molecule has 0 atom stereocenters. The Labute approximate surface area is 132 Å². The van der Waals surface area contributed by atoms with E-state index in [1.54, 1.807) is 23.5 Å². The van der Waals surface area contributed by atoms with Gasteiger partial charge >= 0.3 is 0 Å². The lowest BCUT2D eigenvalue weighted by Crippen LogP contribution is -2.21. The second kappa shape index (κ2) is 5.72. The van der Waals surface area contributed by atoms with E-state index in [-0.39, 0.29) is 5.82 Å². The number of aromatic nitrogens is 2. The summed E-state index contributed by atoms with van der Waals surface area (Å²) in [5.41, 5.74) is 2.80. The molecular weight excluding hydrogens is 297 g/mol. The fourth-order valence-electron chi connectivity index (χ4n) is 3.19. The van der Waals surface area contributed by atoms with E-state index in [1.807, 2.05) is 11.6 Å². The van der Waals surface area contributed by atoms with Crippen molar-refractivity contribution >= 4 is 27.4 Å². The molecule has 1 saturated carbocycles. The SMILES string of the molecule is Fc1ccc2[nH]cc(-c3csc(NC4CCCCC4)n3)c2c1. The van der Waals surface area contributed by atoms with Gasteiger partial charge in [0.2, 0.25) is 0 Å². The number of hydrogen-bond donors (Lipinski definition) is 2. The quantitative estimate of drug-likeness (QED) is 0.699. The minimum Gasteiger partial charge on any atom is -0.360 e. The molecule has 0 unspecified atom stereocenters. The minimum absolute atomic E-state index is 0.218. The van der Waals surface area contributed by atoms with E-state index in [2.05, 4.69) is 10.3 Å². The van der Waals surface area contributed by atoms with Gasteiger partial charge in [0, 0.05) is 34.1 Å². The number of nitrogens with one attached hydrogen (secondary N) is 2. The molecule has 1 fully saturated rings. The van der Waals surface area contributed by atoms with Crippen molar-refractivity contribution in [3.63, 3.8) is 0 Å². The molecule has 5 heteroatoms. The molecule has 3 aromatic rings. The Morgan fingerprint density at radius 3 is 2.95 bits per heavy atom. The number of H-pyrrole nitrogens is 1. The van der Waals surface area contributed by atoms with Crippen LogP contribution in [0.25, 0.3) is 22.2 Å². The van der Waals surface area contributed by atoms with Crippen molar-refractivity contribution in [1.29, 1.82) is 0 Å². The van der Waals surface area contributed by atoms with Crippen LogP contribution in [0.15, 0.2) is 29.8 Å². The summed E-state index contributed by atoms with van der Waals surface area (Å²) in [6.07, 6.45) is 8.32. The highest BCUT2D eigenvalue weighted by atomic mass is 32.1. The van der Waals surface area contributed by atoms with Gasteiger partial charge in [-0.25, -0.2) is 9.37 Å². The van der Waals surface area contributed by atoms with Gasteiger partial charge in [0.1, 0.15) is 5.82 Å². The molecule has 114 valence electrons. The van der Waals surface area contributed by atoms with Crippen LogP contribution in [-0.2, 0) is 0 Å². The molecule has 0 amide bonds. The van der Waals surface area contributed by atoms with Gasteiger partial charge in [-0.15, -0.1) is 11.3 Å². The average molecular weight is 315 g/mol. The van der Waals surface area contributed by atoms with Gasteiger partial charge in [-0.1, -0.05) is 19.3 Å². The van der Waals surface area contributed by atoms with E-state index in [9.17, 15) is 4.39 Å². The van der Waals surface area contributed by atoms with E-state index in [0.717, 1.165) is 27.3 Å². The number of fused-ring (bicyclic) bond motifs is 1. The molecule has 0 saturated heterocycles. The fourth-order valence-corrected chi connectivity index (χ4v) is 3.98. The van der Waals surface area contributed by atoms with Crippen LogP contribution in [0.3, 0.4) is 0 Å². The van der Waals surface area contributed by atoms with Gasteiger partial charge < -0.3 is 10.3 Å². The highest BCUT2D eigenvalue weighted by molar-refractivity contribution is 7.14. The Morgan fingerprint density at radius 2 is 2.09 bits per heavy atom. The maximum Gasteiger partial charge on any atom is 0.183 e. The molecule has 4 rings (SSSR count). The molecule has 1 aliphatic rings. The van der Waals surface area contributed by atoms with E-state index in [0.29, 0.717) is 6.04 Å².